The lowest BCUT2D eigenvalue weighted by atomic mass is 10.2. The van der Waals surface area contributed by atoms with Crippen molar-refractivity contribution < 1.29 is 24.5 Å². The predicted octanol–water partition coefficient (Wildman–Crippen LogP) is 3.48. The third-order valence-corrected chi connectivity index (χ3v) is 4.67. The number of aryl methyl sites for hydroxylation is 2. The molecule has 0 saturated heterocycles. The summed E-state index contributed by atoms with van der Waals surface area (Å²) in [6, 6.07) is 13.5. The molecule has 30 heavy (non-hydrogen) atoms. The Kier molecular flexibility index (Phi) is 8.54. The highest BCUT2D eigenvalue weighted by atomic mass is 79.9. The smallest absolute Gasteiger partial charge is 0.414 e. The number of carboxylic acids is 2. The summed E-state index contributed by atoms with van der Waals surface area (Å²) < 4.78 is 8.42. The number of aromatic nitrogens is 2. The molecular formula is C21H21BrN2O6. The highest BCUT2D eigenvalue weighted by Gasteiger charge is 2.05. The van der Waals surface area contributed by atoms with Crippen molar-refractivity contribution in [2.75, 3.05) is 6.61 Å². The van der Waals surface area contributed by atoms with Crippen LogP contribution >= 0.6 is 15.9 Å². The Morgan fingerprint density at radius 3 is 2.47 bits per heavy atom. The van der Waals surface area contributed by atoms with Gasteiger partial charge in [-0.3, -0.25) is 9.36 Å². The second-order valence-electron chi connectivity index (χ2n) is 6.36. The second kappa shape index (κ2) is 11.1. The summed E-state index contributed by atoms with van der Waals surface area (Å²) in [6.07, 6.45) is 3.37. The van der Waals surface area contributed by atoms with Gasteiger partial charge in [0.25, 0.3) is 5.56 Å². The lowest BCUT2D eigenvalue weighted by Gasteiger charge is -2.09. The van der Waals surface area contributed by atoms with E-state index >= 15 is 0 Å². The van der Waals surface area contributed by atoms with Gasteiger partial charge in [0, 0.05) is 6.54 Å². The first kappa shape index (κ1) is 23.1. The monoisotopic (exact) mass is 476 g/mol. The molecule has 3 rings (SSSR count). The van der Waals surface area contributed by atoms with Crippen molar-refractivity contribution in [3.05, 3.63) is 69.2 Å². The van der Waals surface area contributed by atoms with Gasteiger partial charge in [0.05, 0.1) is 28.3 Å². The van der Waals surface area contributed by atoms with Crippen LogP contribution in [0.1, 0.15) is 18.4 Å². The molecular weight excluding hydrogens is 456 g/mol. The third-order valence-electron chi connectivity index (χ3n) is 4.05. The van der Waals surface area contributed by atoms with Crippen molar-refractivity contribution in [2.45, 2.75) is 26.3 Å². The molecule has 0 aliphatic carbocycles. The molecule has 1 heterocycles. The molecule has 2 N–H and O–H groups in total. The van der Waals surface area contributed by atoms with Gasteiger partial charge < -0.3 is 14.9 Å². The van der Waals surface area contributed by atoms with Crippen molar-refractivity contribution in [3.8, 4) is 5.75 Å². The Hall–Kier alpha value is -3.20. The van der Waals surface area contributed by atoms with Crippen molar-refractivity contribution in [3.63, 3.8) is 0 Å². The zero-order chi connectivity index (χ0) is 22.1. The summed E-state index contributed by atoms with van der Waals surface area (Å²) in [5.41, 5.74) is 1.95. The summed E-state index contributed by atoms with van der Waals surface area (Å²) in [4.78, 5) is 34.9. The van der Waals surface area contributed by atoms with Crippen LogP contribution in [0.5, 0.6) is 5.75 Å². The maximum Gasteiger partial charge on any atom is 0.414 e. The van der Waals surface area contributed by atoms with Crippen molar-refractivity contribution in [1.82, 2.24) is 9.55 Å². The number of para-hydroxylation sites is 1. The van der Waals surface area contributed by atoms with E-state index in [0.29, 0.717) is 18.5 Å². The van der Waals surface area contributed by atoms with Crippen LogP contribution in [0.25, 0.3) is 10.9 Å². The molecule has 0 amide bonds. The maximum absolute atomic E-state index is 12.4. The summed E-state index contributed by atoms with van der Waals surface area (Å²) >= 11 is 3.51. The lowest BCUT2D eigenvalue weighted by molar-refractivity contribution is -0.159. The van der Waals surface area contributed by atoms with Gasteiger partial charge in [-0.05, 0) is 65.5 Å². The summed E-state index contributed by atoms with van der Waals surface area (Å²) in [6.45, 7) is 3.32. The fraction of sp³-hybridized carbons (Fsp3) is 0.238. The van der Waals surface area contributed by atoms with E-state index in [4.69, 9.17) is 24.5 Å². The number of benzene rings is 2. The molecule has 0 aliphatic heterocycles. The van der Waals surface area contributed by atoms with E-state index in [1.54, 1.807) is 10.9 Å². The lowest BCUT2D eigenvalue weighted by Crippen LogP contribution is -2.20. The van der Waals surface area contributed by atoms with Crippen LogP contribution in [0.4, 0.5) is 0 Å². The number of nitrogens with zero attached hydrogens (tertiary/aromatic N) is 2. The summed E-state index contributed by atoms with van der Waals surface area (Å²) in [5, 5.41) is 15.4. The second-order valence-corrected chi connectivity index (χ2v) is 7.21. The number of hydrogen-bond acceptors (Lipinski definition) is 5. The highest BCUT2D eigenvalue weighted by molar-refractivity contribution is 9.10. The van der Waals surface area contributed by atoms with E-state index in [1.165, 1.54) is 5.56 Å². The summed E-state index contributed by atoms with van der Waals surface area (Å²) in [5.74, 6) is -2.80. The van der Waals surface area contributed by atoms with Crippen LogP contribution in [-0.4, -0.2) is 38.3 Å². The first-order chi connectivity index (χ1) is 14.3. The van der Waals surface area contributed by atoms with Gasteiger partial charge in [0.2, 0.25) is 0 Å². The van der Waals surface area contributed by atoms with E-state index in [0.717, 1.165) is 28.6 Å². The molecule has 2 aromatic carbocycles. The average molecular weight is 477 g/mol. The van der Waals surface area contributed by atoms with Gasteiger partial charge in [-0.1, -0.05) is 18.2 Å². The van der Waals surface area contributed by atoms with E-state index in [-0.39, 0.29) is 5.56 Å². The number of rotatable bonds is 6. The highest BCUT2D eigenvalue weighted by Crippen LogP contribution is 2.25. The average Bonchev–Trinajstić information content (AvgIpc) is 2.71. The fourth-order valence-corrected chi connectivity index (χ4v) is 3.16. The van der Waals surface area contributed by atoms with E-state index in [2.05, 4.69) is 20.9 Å². The van der Waals surface area contributed by atoms with Gasteiger partial charge >= 0.3 is 11.9 Å². The first-order valence-electron chi connectivity index (χ1n) is 9.09. The molecule has 0 saturated carbocycles. The number of carbonyl (C=O) groups is 2. The standard InChI is InChI=1S/C19H19BrN2O2.C2H2O4/c1-14-8-9-18(16(20)12-14)24-11-5-4-10-22-13-21-17-7-3-2-6-15(17)19(22)23;3-1(4)2(5)6/h2-3,6-9,12-13H,4-5,10-11H2,1H3;(H,3,4)(H,5,6). The van der Waals surface area contributed by atoms with Crippen molar-refractivity contribution in [2.24, 2.45) is 0 Å². The number of carboxylic acid groups (broad SMARTS) is 2. The number of halogens is 1. The Morgan fingerprint density at radius 2 is 1.80 bits per heavy atom. The minimum Gasteiger partial charge on any atom is -0.492 e. The van der Waals surface area contributed by atoms with Crippen LogP contribution in [0.3, 0.4) is 0 Å². The Labute approximate surface area is 180 Å². The quantitative estimate of drug-likeness (QED) is 0.412. The minimum atomic E-state index is -1.82. The number of hydrogen-bond donors (Lipinski definition) is 2. The largest absolute Gasteiger partial charge is 0.492 e. The van der Waals surface area contributed by atoms with E-state index < -0.39 is 11.9 Å². The maximum atomic E-state index is 12.4. The molecule has 0 spiro atoms. The van der Waals surface area contributed by atoms with Gasteiger partial charge in [-0.2, -0.15) is 0 Å². The zero-order valence-electron chi connectivity index (χ0n) is 16.2. The third kappa shape index (κ3) is 6.70. The molecule has 158 valence electrons. The molecule has 3 aromatic rings. The molecule has 1 aromatic heterocycles. The SMILES string of the molecule is Cc1ccc(OCCCCn2cnc3ccccc3c2=O)c(Br)c1.O=C(O)C(=O)O. The predicted molar refractivity (Wildman–Crippen MR) is 115 cm³/mol. The van der Waals surface area contributed by atoms with Gasteiger partial charge in [-0.25, -0.2) is 14.6 Å². The van der Waals surface area contributed by atoms with Crippen LogP contribution in [0.2, 0.25) is 0 Å². The molecule has 0 radical (unpaired) electrons. The molecule has 0 aliphatic rings. The molecule has 0 bridgehead atoms. The fourth-order valence-electron chi connectivity index (χ4n) is 2.55. The summed E-state index contributed by atoms with van der Waals surface area (Å²) in [7, 11) is 0. The zero-order valence-corrected chi connectivity index (χ0v) is 17.8. The number of unbranched alkanes of at least 4 members (excludes halogenated alkanes) is 1. The topological polar surface area (TPSA) is 119 Å². The number of ether oxygens (including phenoxy) is 1. The van der Waals surface area contributed by atoms with Crippen molar-refractivity contribution >= 4 is 38.8 Å². The minimum absolute atomic E-state index is 0.0165. The molecule has 0 atom stereocenters. The normalized spacial score (nSPS) is 10.2. The van der Waals surface area contributed by atoms with Crippen LogP contribution in [0, 0.1) is 6.92 Å². The van der Waals surface area contributed by atoms with Crippen molar-refractivity contribution in [1.29, 1.82) is 0 Å². The van der Waals surface area contributed by atoms with Gasteiger partial charge in [-0.15, -0.1) is 0 Å². The Balaban J connectivity index is 0.000000469. The molecule has 8 nitrogen and oxygen atoms in total. The Bertz CT molecular complexity index is 1080. The Morgan fingerprint density at radius 1 is 1.10 bits per heavy atom. The van der Waals surface area contributed by atoms with Crippen LogP contribution in [-0.2, 0) is 16.1 Å². The number of fused-ring (bicyclic) bond motifs is 1. The first-order valence-corrected chi connectivity index (χ1v) is 9.88. The van der Waals surface area contributed by atoms with Crippen LogP contribution in [0.15, 0.2) is 58.1 Å². The van der Waals surface area contributed by atoms with E-state index in [9.17, 15) is 4.79 Å². The molecule has 9 heteroatoms. The molecule has 0 unspecified atom stereocenters. The van der Waals surface area contributed by atoms with E-state index in [1.807, 2.05) is 49.4 Å². The van der Waals surface area contributed by atoms with Gasteiger partial charge in [0.15, 0.2) is 0 Å². The van der Waals surface area contributed by atoms with Crippen LogP contribution < -0.4 is 10.3 Å². The van der Waals surface area contributed by atoms with Gasteiger partial charge in [0.1, 0.15) is 5.75 Å². The molecule has 0 fully saturated rings. The number of aliphatic carboxylic acids is 2.